The standard InChI is InChI=1S/C40H27F6N9/c41-39(42,43)28-13-7-15-33(19-28)54-24-30(49-51-54)22-53(23-31-25-55(52-50-31)34-16-8-14-29(20-34)40(44,45)46)32-17-18-35-36(21-32)48-38(27-11-5-2-6-12-27)37(47-35)26-9-3-1-4-10-26/h1-21,24-25H,22-23H2. The van der Waals surface area contributed by atoms with Crippen molar-refractivity contribution in [1.29, 1.82) is 0 Å². The van der Waals surface area contributed by atoms with Crippen molar-refractivity contribution in [2.24, 2.45) is 0 Å². The molecule has 8 rings (SSSR count). The third-order valence-electron chi connectivity index (χ3n) is 8.77. The van der Waals surface area contributed by atoms with Gasteiger partial charge in [0.15, 0.2) is 0 Å². The maximum atomic E-state index is 13.5. The van der Waals surface area contributed by atoms with E-state index >= 15 is 0 Å². The fraction of sp³-hybridized carbons (Fsp3) is 0.100. The maximum Gasteiger partial charge on any atom is 0.416 e. The van der Waals surface area contributed by atoms with Crippen LogP contribution >= 0.6 is 0 Å². The maximum absolute atomic E-state index is 13.5. The highest BCUT2D eigenvalue weighted by Crippen LogP contribution is 2.34. The molecule has 3 aromatic heterocycles. The second kappa shape index (κ2) is 14.2. The molecule has 0 N–H and O–H groups in total. The number of hydrogen-bond donors (Lipinski definition) is 0. The first kappa shape index (κ1) is 35.1. The summed E-state index contributed by atoms with van der Waals surface area (Å²) in [6.07, 6.45) is -6.02. The van der Waals surface area contributed by atoms with E-state index in [-0.39, 0.29) is 24.5 Å². The fourth-order valence-electron chi connectivity index (χ4n) is 6.11. The highest BCUT2D eigenvalue weighted by atomic mass is 19.4. The number of anilines is 1. The third kappa shape index (κ3) is 7.62. The molecule has 9 nitrogen and oxygen atoms in total. The molecular weight excluding hydrogens is 720 g/mol. The Hall–Kier alpha value is -6.90. The van der Waals surface area contributed by atoms with Crippen LogP contribution in [0.15, 0.2) is 140 Å². The monoisotopic (exact) mass is 747 g/mol. The Morgan fingerprint density at radius 2 is 0.964 bits per heavy atom. The molecule has 0 bridgehead atoms. The van der Waals surface area contributed by atoms with Crippen molar-refractivity contribution in [3.05, 3.63) is 162 Å². The Labute approximate surface area is 309 Å². The summed E-state index contributed by atoms with van der Waals surface area (Å²) in [6.45, 7) is 0.226. The Kier molecular flexibility index (Phi) is 9.04. The summed E-state index contributed by atoms with van der Waals surface area (Å²) in [7, 11) is 0. The Balaban J connectivity index is 1.18. The summed E-state index contributed by atoms with van der Waals surface area (Å²) < 4.78 is 83.2. The molecule has 274 valence electrons. The number of rotatable bonds is 9. The number of fused-ring (bicyclic) bond motifs is 1. The lowest BCUT2D eigenvalue weighted by Crippen LogP contribution is -2.22. The Bertz CT molecular complexity index is 2500. The van der Waals surface area contributed by atoms with Crippen LogP contribution in [0.3, 0.4) is 0 Å². The lowest BCUT2D eigenvalue weighted by atomic mass is 10.0. The first-order valence-corrected chi connectivity index (χ1v) is 16.8. The summed E-state index contributed by atoms with van der Waals surface area (Å²) in [5, 5.41) is 16.7. The highest BCUT2D eigenvalue weighted by Gasteiger charge is 2.31. The minimum atomic E-state index is -4.54. The first-order chi connectivity index (χ1) is 26.5. The van der Waals surface area contributed by atoms with Gasteiger partial charge in [0.05, 0.1) is 70.4 Å². The summed E-state index contributed by atoms with van der Waals surface area (Å²) in [4.78, 5) is 12.0. The smallest absolute Gasteiger partial charge is 0.359 e. The lowest BCUT2D eigenvalue weighted by molar-refractivity contribution is -0.138. The molecule has 0 radical (unpaired) electrons. The van der Waals surface area contributed by atoms with Crippen LogP contribution in [0.5, 0.6) is 0 Å². The van der Waals surface area contributed by atoms with Gasteiger partial charge in [0.1, 0.15) is 11.4 Å². The van der Waals surface area contributed by atoms with Gasteiger partial charge in [-0.3, -0.25) is 0 Å². The average molecular weight is 748 g/mol. The molecule has 0 saturated carbocycles. The minimum absolute atomic E-state index is 0.113. The van der Waals surface area contributed by atoms with E-state index in [9.17, 15) is 26.3 Å². The van der Waals surface area contributed by atoms with Gasteiger partial charge < -0.3 is 4.90 Å². The van der Waals surface area contributed by atoms with Crippen molar-refractivity contribution in [2.75, 3.05) is 4.90 Å². The molecule has 0 aliphatic heterocycles. The SMILES string of the molecule is FC(F)(F)c1cccc(-n2cc(CN(Cc3cn(-c4cccc(C(F)(F)F)c4)nn3)c3ccc4nc(-c5ccccc5)c(-c5ccccc5)nc4c3)nn2)c1. The second-order valence-corrected chi connectivity index (χ2v) is 12.6. The molecule has 0 saturated heterocycles. The van der Waals surface area contributed by atoms with Gasteiger partial charge in [0.2, 0.25) is 0 Å². The predicted molar refractivity (Wildman–Crippen MR) is 193 cm³/mol. The zero-order valence-corrected chi connectivity index (χ0v) is 28.5. The topological polar surface area (TPSA) is 90.4 Å². The quantitative estimate of drug-likeness (QED) is 0.136. The fourth-order valence-corrected chi connectivity index (χ4v) is 6.11. The van der Waals surface area contributed by atoms with Gasteiger partial charge in [-0.25, -0.2) is 19.3 Å². The van der Waals surface area contributed by atoms with E-state index in [2.05, 4.69) is 20.6 Å². The molecule has 0 aliphatic rings. The molecule has 0 atom stereocenters. The largest absolute Gasteiger partial charge is 0.416 e. The highest BCUT2D eigenvalue weighted by molar-refractivity contribution is 5.87. The van der Waals surface area contributed by atoms with Crippen molar-refractivity contribution in [3.63, 3.8) is 0 Å². The molecule has 0 fully saturated rings. The van der Waals surface area contributed by atoms with Crippen LogP contribution in [-0.2, 0) is 25.4 Å². The average Bonchev–Trinajstić information content (AvgIpc) is 3.87. The van der Waals surface area contributed by atoms with Crippen molar-refractivity contribution in [1.82, 2.24) is 40.0 Å². The normalized spacial score (nSPS) is 12.0. The van der Waals surface area contributed by atoms with Gasteiger partial charge in [0.25, 0.3) is 0 Å². The van der Waals surface area contributed by atoms with E-state index in [0.29, 0.717) is 39.5 Å². The minimum Gasteiger partial charge on any atom is -0.359 e. The van der Waals surface area contributed by atoms with Gasteiger partial charge in [0, 0.05) is 16.8 Å². The molecule has 0 amide bonds. The van der Waals surface area contributed by atoms with E-state index in [1.807, 2.05) is 83.8 Å². The van der Waals surface area contributed by atoms with Crippen LogP contribution in [0, 0.1) is 0 Å². The number of alkyl halides is 6. The zero-order valence-electron chi connectivity index (χ0n) is 28.5. The van der Waals surface area contributed by atoms with E-state index in [1.54, 1.807) is 0 Å². The summed E-state index contributed by atoms with van der Waals surface area (Å²) in [5.74, 6) is 0. The molecule has 3 heterocycles. The van der Waals surface area contributed by atoms with Gasteiger partial charge >= 0.3 is 12.4 Å². The van der Waals surface area contributed by atoms with Crippen LogP contribution in [0.2, 0.25) is 0 Å². The van der Waals surface area contributed by atoms with E-state index in [4.69, 9.17) is 9.97 Å². The Morgan fingerprint density at radius 1 is 0.491 bits per heavy atom. The number of aromatic nitrogens is 8. The number of hydrogen-bond acceptors (Lipinski definition) is 7. The number of halogens is 6. The summed E-state index contributed by atoms with van der Waals surface area (Å²) in [5.41, 5.74) is 4.56. The van der Waals surface area contributed by atoms with Crippen molar-refractivity contribution in [3.8, 4) is 33.9 Å². The molecule has 55 heavy (non-hydrogen) atoms. The predicted octanol–water partition coefficient (Wildman–Crippen LogP) is 9.37. The zero-order chi connectivity index (χ0) is 38.2. The van der Waals surface area contributed by atoms with Gasteiger partial charge in [-0.1, -0.05) is 83.2 Å². The van der Waals surface area contributed by atoms with Crippen LogP contribution in [0.4, 0.5) is 32.0 Å². The Morgan fingerprint density at radius 3 is 1.44 bits per heavy atom. The van der Waals surface area contributed by atoms with Gasteiger partial charge in [-0.15, -0.1) is 10.2 Å². The van der Waals surface area contributed by atoms with Crippen molar-refractivity contribution >= 4 is 16.7 Å². The van der Waals surface area contributed by atoms with Crippen LogP contribution in [0.25, 0.3) is 44.9 Å². The van der Waals surface area contributed by atoms with Gasteiger partial charge in [-0.2, -0.15) is 26.3 Å². The van der Waals surface area contributed by atoms with E-state index < -0.39 is 23.5 Å². The van der Waals surface area contributed by atoms with E-state index in [1.165, 1.54) is 46.0 Å². The molecule has 15 heteroatoms. The van der Waals surface area contributed by atoms with Gasteiger partial charge in [-0.05, 0) is 54.6 Å². The molecule has 5 aromatic carbocycles. The lowest BCUT2D eigenvalue weighted by Gasteiger charge is -2.23. The summed E-state index contributed by atoms with van der Waals surface area (Å²) >= 11 is 0. The van der Waals surface area contributed by atoms with Crippen LogP contribution < -0.4 is 4.90 Å². The van der Waals surface area contributed by atoms with Crippen molar-refractivity contribution < 1.29 is 26.3 Å². The third-order valence-corrected chi connectivity index (χ3v) is 8.77. The number of nitrogens with zero attached hydrogens (tertiary/aromatic N) is 9. The summed E-state index contributed by atoms with van der Waals surface area (Å²) in [6, 6.07) is 34.5. The van der Waals surface area contributed by atoms with E-state index in [0.717, 1.165) is 35.4 Å². The van der Waals surface area contributed by atoms with Crippen LogP contribution in [-0.4, -0.2) is 40.0 Å². The molecule has 0 unspecified atom stereocenters. The molecule has 0 aliphatic carbocycles. The van der Waals surface area contributed by atoms with Crippen LogP contribution in [0.1, 0.15) is 22.5 Å². The first-order valence-electron chi connectivity index (χ1n) is 16.8. The molecule has 0 spiro atoms. The second-order valence-electron chi connectivity index (χ2n) is 12.6. The molecule has 8 aromatic rings. The van der Waals surface area contributed by atoms with Crippen molar-refractivity contribution in [2.45, 2.75) is 25.4 Å². The molecular formula is C40H27F6N9. The number of benzene rings is 5.